The molecule has 2 heterocycles. The predicted molar refractivity (Wildman–Crippen MR) is 98.7 cm³/mol. The second-order valence-corrected chi connectivity index (χ2v) is 6.28. The number of pyridine rings is 1. The molecule has 0 radical (unpaired) electrons. The Balaban J connectivity index is 1.99. The molecule has 0 aliphatic heterocycles. The molecule has 10 heteroatoms. The third-order valence-electron chi connectivity index (χ3n) is 3.56. The molecule has 1 aromatic carbocycles. The Hall–Kier alpha value is -3.71. The van der Waals surface area contributed by atoms with Gasteiger partial charge < -0.3 is 10.8 Å². The van der Waals surface area contributed by atoms with Crippen molar-refractivity contribution in [2.45, 2.75) is 10.9 Å². The zero-order chi connectivity index (χ0) is 19.4. The summed E-state index contributed by atoms with van der Waals surface area (Å²) in [5, 5.41) is 30.4. The molecule has 0 bridgehead atoms. The highest BCUT2D eigenvalue weighted by molar-refractivity contribution is 7.98. The molecule has 3 N–H and O–H groups in total. The van der Waals surface area contributed by atoms with E-state index in [4.69, 9.17) is 5.73 Å². The van der Waals surface area contributed by atoms with Gasteiger partial charge in [0.15, 0.2) is 10.9 Å². The van der Waals surface area contributed by atoms with Crippen LogP contribution >= 0.6 is 11.8 Å². The van der Waals surface area contributed by atoms with E-state index >= 15 is 0 Å². The fourth-order valence-electron chi connectivity index (χ4n) is 2.30. The fraction of sp³-hybridized carbons (Fsp3) is 0.0588. The van der Waals surface area contributed by atoms with Crippen LogP contribution in [0.4, 0.5) is 11.5 Å². The SMILES string of the molecule is N#Cc1c(N)nc(SCc2cccnc2)nc1-c1ccc([N+](=O)[O-])c(O)c1. The molecule has 0 unspecified atom stereocenters. The number of nitriles is 1. The Morgan fingerprint density at radius 2 is 2.15 bits per heavy atom. The minimum absolute atomic E-state index is 0.00553. The van der Waals surface area contributed by atoms with Crippen molar-refractivity contribution in [3.05, 3.63) is 64.0 Å². The van der Waals surface area contributed by atoms with E-state index in [1.54, 1.807) is 12.4 Å². The van der Waals surface area contributed by atoms with Gasteiger partial charge in [0.1, 0.15) is 17.5 Å². The van der Waals surface area contributed by atoms with Crippen LogP contribution in [0.25, 0.3) is 11.3 Å². The lowest BCUT2D eigenvalue weighted by Crippen LogP contribution is -2.03. The van der Waals surface area contributed by atoms with Crippen molar-refractivity contribution in [1.82, 2.24) is 15.0 Å². The van der Waals surface area contributed by atoms with Crippen molar-refractivity contribution in [2.75, 3.05) is 5.73 Å². The molecule has 3 rings (SSSR count). The first-order chi connectivity index (χ1) is 13.0. The Morgan fingerprint density at radius 1 is 1.33 bits per heavy atom. The number of nitro groups is 1. The number of hydrogen-bond donors (Lipinski definition) is 2. The first-order valence-corrected chi connectivity index (χ1v) is 8.55. The summed E-state index contributed by atoms with van der Waals surface area (Å²) in [5.74, 6) is 0.0154. The predicted octanol–water partition coefficient (Wildman–Crippen LogP) is 2.90. The normalized spacial score (nSPS) is 10.3. The third-order valence-corrected chi connectivity index (χ3v) is 4.48. The van der Waals surface area contributed by atoms with Crippen LogP contribution in [0, 0.1) is 21.4 Å². The van der Waals surface area contributed by atoms with Gasteiger partial charge in [0.25, 0.3) is 0 Å². The van der Waals surface area contributed by atoms with Crippen molar-refractivity contribution in [2.24, 2.45) is 0 Å². The van der Waals surface area contributed by atoms with Crippen LogP contribution in [0.3, 0.4) is 0 Å². The van der Waals surface area contributed by atoms with Crippen LogP contribution < -0.4 is 5.73 Å². The van der Waals surface area contributed by atoms with Gasteiger partial charge in [-0.3, -0.25) is 15.1 Å². The highest BCUT2D eigenvalue weighted by atomic mass is 32.2. The van der Waals surface area contributed by atoms with Crippen LogP contribution in [-0.2, 0) is 5.75 Å². The van der Waals surface area contributed by atoms with Gasteiger partial charge in [-0.25, -0.2) is 9.97 Å². The topological polar surface area (TPSA) is 152 Å². The van der Waals surface area contributed by atoms with E-state index in [9.17, 15) is 20.5 Å². The highest BCUT2D eigenvalue weighted by Gasteiger charge is 2.19. The zero-order valence-electron chi connectivity index (χ0n) is 13.7. The van der Waals surface area contributed by atoms with E-state index in [2.05, 4.69) is 15.0 Å². The number of hydrogen-bond acceptors (Lipinski definition) is 9. The van der Waals surface area contributed by atoms with Crippen LogP contribution in [-0.4, -0.2) is 25.0 Å². The summed E-state index contributed by atoms with van der Waals surface area (Å²) in [6, 6.07) is 9.38. The van der Waals surface area contributed by atoms with Crippen LogP contribution in [0.15, 0.2) is 47.9 Å². The molecule has 0 saturated carbocycles. The Kier molecular flexibility index (Phi) is 5.14. The summed E-state index contributed by atoms with van der Waals surface area (Å²) in [4.78, 5) is 22.7. The maximum Gasteiger partial charge on any atom is 0.310 e. The van der Waals surface area contributed by atoms with Gasteiger partial charge >= 0.3 is 5.69 Å². The molecule has 0 aliphatic rings. The van der Waals surface area contributed by atoms with E-state index in [1.807, 2.05) is 18.2 Å². The number of thioether (sulfide) groups is 1. The zero-order valence-corrected chi connectivity index (χ0v) is 14.6. The molecule has 2 aromatic heterocycles. The summed E-state index contributed by atoms with van der Waals surface area (Å²) < 4.78 is 0. The Labute approximate surface area is 157 Å². The fourth-order valence-corrected chi connectivity index (χ4v) is 3.08. The number of phenolic OH excluding ortho intramolecular Hbond substituents is 1. The molecular formula is C17H12N6O3S. The molecule has 27 heavy (non-hydrogen) atoms. The maximum absolute atomic E-state index is 10.9. The van der Waals surface area contributed by atoms with Gasteiger partial charge in [-0.05, 0) is 23.8 Å². The van der Waals surface area contributed by atoms with Crippen LogP contribution in [0.1, 0.15) is 11.1 Å². The van der Waals surface area contributed by atoms with Crippen LogP contribution in [0.2, 0.25) is 0 Å². The van der Waals surface area contributed by atoms with Crippen molar-refractivity contribution < 1.29 is 10.0 Å². The molecule has 0 atom stereocenters. The molecule has 134 valence electrons. The summed E-state index contributed by atoms with van der Waals surface area (Å²) in [6.45, 7) is 0. The van der Waals surface area contributed by atoms with Crippen LogP contribution in [0.5, 0.6) is 5.75 Å². The average molecular weight is 380 g/mol. The van der Waals surface area contributed by atoms with Gasteiger partial charge in [-0.1, -0.05) is 17.8 Å². The smallest absolute Gasteiger partial charge is 0.310 e. The van der Waals surface area contributed by atoms with E-state index in [-0.39, 0.29) is 17.1 Å². The van der Waals surface area contributed by atoms with E-state index < -0.39 is 16.4 Å². The van der Waals surface area contributed by atoms with Gasteiger partial charge in [0.05, 0.1) is 10.6 Å². The average Bonchev–Trinajstić information content (AvgIpc) is 2.66. The molecule has 9 nitrogen and oxygen atoms in total. The standard InChI is InChI=1S/C17H12N6O3S/c18-7-12-15(11-3-4-13(23(25)26)14(24)6-11)21-17(22-16(12)19)27-9-10-2-1-5-20-8-10/h1-6,8,24H,9H2,(H2,19,21,22). The Bertz CT molecular complexity index is 1050. The third kappa shape index (κ3) is 3.94. The molecule has 0 fully saturated rings. The number of aromatic hydroxyl groups is 1. The van der Waals surface area contributed by atoms with Gasteiger partial charge in [0, 0.05) is 29.8 Å². The first kappa shape index (κ1) is 18.1. The monoisotopic (exact) mass is 380 g/mol. The number of nitro benzene ring substituents is 1. The maximum atomic E-state index is 10.9. The minimum atomic E-state index is -0.701. The van der Waals surface area contributed by atoms with Crippen molar-refractivity contribution >= 4 is 23.3 Å². The van der Waals surface area contributed by atoms with Gasteiger partial charge in [0.2, 0.25) is 0 Å². The molecule has 3 aromatic rings. The van der Waals surface area contributed by atoms with E-state index in [0.717, 1.165) is 11.6 Å². The largest absolute Gasteiger partial charge is 0.502 e. The number of nitrogen functional groups attached to an aromatic ring is 1. The summed E-state index contributed by atoms with van der Waals surface area (Å²) in [6.07, 6.45) is 3.39. The Morgan fingerprint density at radius 3 is 2.78 bits per heavy atom. The molecular weight excluding hydrogens is 368 g/mol. The summed E-state index contributed by atoms with van der Waals surface area (Å²) in [7, 11) is 0. The lowest BCUT2D eigenvalue weighted by Gasteiger charge is -2.09. The van der Waals surface area contributed by atoms with E-state index in [1.165, 1.54) is 23.9 Å². The van der Waals surface area contributed by atoms with Gasteiger partial charge in [-0.15, -0.1) is 0 Å². The first-order valence-electron chi connectivity index (χ1n) is 7.56. The molecule has 0 spiro atoms. The second kappa shape index (κ2) is 7.67. The van der Waals surface area contributed by atoms with Crippen molar-refractivity contribution in [3.8, 4) is 23.1 Å². The number of anilines is 1. The summed E-state index contributed by atoms with van der Waals surface area (Å²) >= 11 is 1.31. The van der Waals surface area contributed by atoms with E-state index in [0.29, 0.717) is 16.5 Å². The second-order valence-electron chi connectivity index (χ2n) is 5.34. The van der Waals surface area contributed by atoms with Gasteiger partial charge in [-0.2, -0.15) is 5.26 Å². The highest BCUT2D eigenvalue weighted by Crippen LogP contribution is 2.34. The number of rotatable bonds is 5. The minimum Gasteiger partial charge on any atom is -0.502 e. The lowest BCUT2D eigenvalue weighted by atomic mass is 10.1. The molecule has 0 saturated heterocycles. The number of benzene rings is 1. The molecule has 0 amide bonds. The van der Waals surface area contributed by atoms with Crippen molar-refractivity contribution in [3.63, 3.8) is 0 Å². The number of aromatic nitrogens is 3. The van der Waals surface area contributed by atoms with Crippen molar-refractivity contribution in [1.29, 1.82) is 5.26 Å². The number of nitrogens with two attached hydrogens (primary N) is 1. The summed E-state index contributed by atoms with van der Waals surface area (Å²) in [5.41, 5.74) is 6.97. The lowest BCUT2D eigenvalue weighted by molar-refractivity contribution is -0.385. The number of nitrogens with zero attached hydrogens (tertiary/aromatic N) is 5. The quantitative estimate of drug-likeness (QED) is 0.294. The molecule has 0 aliphatic carbocycles. The number of phenols is 1.